The van der Waals surface area contributed by atoms with Crippen molar-refractivity contribution in [2.75, 3.05) is 6.54 Å². The molecule has 0 aliphatic rings. The Hall–Kier alpha value is -2.08. The molecule has 0 aliphatic carbocycles. The molecule has 0 bridgehead atoms. The topological polar surface area (TPSA) is 88.5 Å². The number of amides is 1. The summed E-state index contributed by atoms with van der Waals surface area (Å²) in [5.41, 5.74) is -0.891. The van der Waals surface area contributed by atoms with Crippen molar-refractivity contribution in [2.45, 2.75) is 25.9 Å². The van der Waals surface area contributed by atoms with Crippen LogP contribution in [-0.2, 0) is 6.42 Å². The smallest absolute Gasteiger partial charge is 0.273 e. The zero-order valence-corrected chi connectivity index (χ0v) is 10.8. The first kappa shape index (κ1) is 13.4. The summed E-state index contributed by atoms with van der Waals surface area (Å²) in [5.74, 6) is 0.848. The Bertz CT molecular complexity index is 543. The fraction of sp³-hybridized carbons (Fsp3) is 0.385. The Kier molecular flexibility index (Phi) is 3.71. The summed E-state index contributed by atoms with van der Waals surface area (Å²) in [6.45, 7) is 3.43. The average molecular weight is 264 g/mol. The van der Waals surface area contributed by atoms with E-state index in [9.17, 15) is 9.90 Å². The molecule has 2 N–H and O–H groups in total. The van der Waals surface area contributed by atoms with Gasteiger partial charge in [0.15, 0.2) is 5.69 Å². The Morgan fingerprint density at radius 1 is 1.58 bits per heavy atom. The fourth-order valence-electron chi connectivity index (χ4n) is 1.69. The van der Waals surface area contributed by atoms with Gasteiger partial charge in [-0.2, -0.15) is 0 Å². The quantitative estimate of drug-likeness (QED) is 0.849. The van der Waals surface area contributed by atoms with Crippen LogP contribution in [0.15, 0.2) is 33.4 Å². The second kappa shape index (κ2) is 5.27. The van der Waals surface area contributed by atoms with Crippen molar-refractivity contribution in [3.63, 3.8) is 0 Å². The van der Waals surface area contributed by atoms with E-state index < -0.39 is 5.60 Å². The Morgan fingerprint density at radius 3 is 2.95 bits per heavy atom. The Balaban J connectivity index is 1.88. The molecule has 2 aromatic rings. The van der Waals surface area contributed by atoms with Crippen LogP contribution in [0, 0.1) is 6.92 Å². The van der Waals surface area contributed by atoms with Crippen molar-refractivity contribution in [2.24, 2.45) is 0 Å². The number of nitrogens with one attached hydrogen (secondary N) is 1. The minimum Gasteiger partial charge on any atom is -0.469 e. The molecule has 0 aromatic carbocycles. The van der Waals surface area contributed by atoms with Gasteiger partial charge in [0, 0.05) is 19.0 Å². The molecular weight excluding hydrogens is 248 g/mol. The van der Waals surface area contributed by atoms with Gasteiger partial charge in [-0.1, -0.05) is 5.16 Å². The zero-order chi connectivity index (χ0) is 13.9. The lowest BCUT2D eigenvalue weighted by atomic mass is 10.0. The molecule has 0 saturated carbocycles. The Morgan fingerprint density at radius 2 is 2.37 bits per heavy atom. The number of rotatable bonds is 5. The first-order valence-corrected chi connectivity index (χ1v) is 5.92. The third kappa shape index (κ3) is 3.69. The normalized spacial score (nSPS) is 14.1. The number of furan rings is 1. The molecule has 0 fully saturated rings. The molecule has 102 valence electrons. The first-order valence-electron chi connectivity index (χ1n) is 5.92. The number of carbonyl (C=O) groups is 1. The molecule has 0 aliphatic heterocycles. The van der Waals surface area contributed by atoms with Gasteiger partial charge >= 0.3 is 0 Å². The molecule has 2 aromatic heterocycles. The van der Waals surface area contributed by atoms with Gasteiger partial charge in [-0.3, -0.25) is 4.79 Å². The van der Waals surface area contributed by atoms with Crippen LogP contribution >= 0.6 is 0 Å². The number of hydrogen-bond donors (Lipinski definition) is 2. The number of nitrogens with zero attached hydrogens (tertiary/aromatic N) is 1. The second-order valence-corrected chi connectivity index (χ2v) is 4.76. The van der Waals surface area contributed by atoms with Crippen LogP contribution in [0.3, 0.4) is 0 Å². The van der Waals surface area contributed by atoms with Gasteiger partial charge in [0.25, 0.3) is 5.91 Å². The van der Waals surface area contributed by atoms with Gasteiger partial charge < -0.3 is 19.4 Å². The van der Waals surface area contributed by atoms with E-state index in [1.54, 1.807) is 32.2 Å². The SMILES string of the molecule is Cc1cc(C(=O)NC[C@](C)(O)Cc2ccco2)no1. The lowest BCUT2D eigenvalue weighted by Gasteiger charge is -2.22. The maximum absolute atomic E-state index is 11.7. The Labute approximate surface area is 110 Å². The molecule has 0 saturated heterocycles. The molecule has 6 nitrogen and oxygen atoms in total. The van der Waals surface area contributed by atoms with Gasteiger partial charge in [-0.15, -0.1) is 0 Å². The number of carbonyl (C=O) groups excluding carboxylic acids is 1. The third-order valence-electron chi connectivity index (χ3n) is 2.63. The van der Waals surface area contributed by atoms with Crippen molar-refractivity contribution < 1.29 is 18.8 Å². The van der Waals surface area contributed by atoms with Gasteiger partial charge in [0.2, 0.25) is 0 Å². The van der Waals surface area contributed by atoms with Crippen molar-refractivity contribution in [1.29, 1.82) is 0 Å². The lowest BCUT2D eigenvalue weighted by Crippen LogP contribution is -2.42. The highest BCUT2D eigenvalue weighted by molar-refractivity contribution is 5.92. The van der Waals surface area contributed by atoms with Crippen LogP contribution in [0.4, 0.5) is 0 Å². The summed E-state index contributed by atoms with van der Waals surface area (Å²) in [6.07, 6.45) is 1.86. The molecule has 0 radical (unpaired) electrons. The third-order valence-corrected chi connectivity index (χ3v) is 2.63. The molecule has 2 rings (SSSR count). The molecule has 19 heavy (non-hydrogen) atoms. The van der Waals surface area contributed by atoms with E-state index in [0.717, 1.165) is 0 Å². The zero-order valence-electron chi connectivity index (χ0n) is 10.8. The molecule has 0 unspecified atom stereocenters. The molecule has 6 heteroatoms. The maximum atomic E-state index is 11.7. The van der Waals surface area contributed by atoms with Crippen LogP contribution in [0.1, 0.15) is 28.9 Å². The van der Waals surface area contributed by atoms with Crippen molar-refractivity contribution in [3.8, 4) is 0 Å². The van der Waals surface area contributed by atoms with Gasteiger partial charge in [0.05, 0.1) is 11.9 Å². The van der Waals surface area contributed by atoms with E-state index in [4.69, 9.17) is 8.94 Å². The van der Waals surface area contributed by atoms with Crippen LogP contribution in [0.25, 0.3) is 0 Å². The number of hydrogen-bond acceptors (Lipinski definition) is 5. The van der Waals surface area contributed by atoms with Gasteiger partial charge in [0.1, 0.15) is 11.5 Å². The van der Waals surface area contributed by atoms with Crippen molar-refractivity contribution >= 4 is 5.91 Å². The summed E-state index contributed by atoms with van der Waals surface area (Å²) in [4.78, 5) is 11.7. The highest BCUT2D eigenvalue weighted by Gasteiger charge is 2.24. The van der Waals surface area contributed by atoms with E-state index in [-0.39, 0.29) is 18.1 Å². The van der Waals surface area contributed by atoms with Crippen LogP contribution in [0.2, 0.25) is 0 Å². The van der Waals surface area contributed by atoms with Gasteiger partial charge in [-0.25, -0.2) is 0 Å². The minimum absolute atomic E-state index is 0.0957. The summed E-state index contributed by atoms with van der Waals surface area (Å²) < 4.78 is 9.98. The van der Waals surface area contributed by atoms with E-state index in [1.807, 2.05) is 0 Å². The summed E-state index contributed by atoms with van der Waals surface area (Å²) >= 11 is 0. The van der Waals surface area contributed by atoms with E-state index >= 15 is 0 Å². The van der Waals surface area contributed by atoms with E-state index in [2.05, 4.69) is 10.5 Å². The summed E-state index contributed by atoms with van der Waals surface area (Å²) in [5, 5.41) is 16.4. The minimum atomic E-state index is -1.09. The van der Waals surface area contributed by atoms with Crippen LogP contribution in [-0.4, -0.2) is 28.3 Å². The molecule has 0 spiro atoms. The first-order chi connectivity index (χ1) is 8.96. The predicted molar refractivity (Wildman–Crippen MR) is 66.6 cm³/mol. The van der Waals surface area contributed by atoms with Crippen LogP contribution < -0.4 is 5.32 Å². The van der Waals surface area contributed by atoms with Crippen molar-refractivity contribution in [3.05, 3.63) is 41.7 Å². The number of aromatic nitrogens is 1. The number of aliphatic hydroxyl groups is 1. The fourth-order valence-corrected chi connectivity index (χ4v) is 1.69. The second-order valence-electron chi connectivity index (χ2n) is 4.76. The van der Waals surface area contributed by atoms with Crippen LogP contribution in [0.5, 0.6) is 0 Å². The number of aryl methyl sites for hydroxylation is 1. The standard InChI is InChI=1S/C13H16N2O4/c1-9-6-11(15-19-9)12(16)14-8-13(2,17)7-10-4-3-5-18-10/h3-6,17H,7-8H2,1-2H3,(H,14,16)/t13-/m1/s1. The molecule has 2 heterocycles. The predicted octanol–water partition coefficient (Wildman–Crippen LogP) is 1.30. The summed E-state index contributed by atoms with van der Waals surface area (Å²) in [7, 11) is 0. The lowest BCUT2D eigenvalue weighted by molar-refractivity contribution is 0.0508. The monoisotopic (exact) mass is 264 g/mol. The average Bonchev–Trinajstić information content (AvgIpc) is 2.97. The maximum Gasteiger partial charge on any atom is 0.273 e. The van der Waals surface area contributed by atoms with E-state index in [0.29, 0.717) is 17.9 Å². The van der Waals surface area contributed by atoms with Crippen molar-refractivity contribution in [1.82, 2.24) is 10.5 Å². The van der Waals surface area contributed by atoms with Gasteiger partial charge in [-0.05, 0) is 26.0 Å². The highest BCUT2D eigenvalue weighted by Crippen LogP contribution is 2.13. The largest absolute Gasteiger partial charge is 0.469 e. The molecule has 1 amide bonds. The highest BCUT2D eigenvalue weighted by atomic mass is 16.5. The molecule has 1 atom stereocenters. The molecular formula is C13H16N2O4. The van der Waals surface area contributed by atoms with E-state index in [1.165, 1.54) is 6.07 Å². The summed E-state index contributed by atoms with van der Waals surface area (Å²) in [6, 6.07) is 5.07.